The topological polar surface area (TPSA) is 88.9 Å². The summed E-state index contributed by atoms with van der Waals surface area (Å²) in [4.78, 5) is 25.9. The molecule has 162 valence electrons. The Morgan fingerprint density at radius 1 is 1.19 bits per heavy atom. The fraction of sp³-hybridized carbons (Fsp3) is 0.348. The molecule has 0 saturated heterocycles. The number of carbonyl (C=O) groups excluding carboxylic acids is 2. The largest absolute Gasteiger partial charge is 0.483 e. The molecule has 0 unspecified atom stereocenters. The number of anilines is 1. The van der Waals surface area contributed by atoms with E-state index in [1.807, 2.05) is 32.0 Å². The van der Waals surface area contributed by atoms with Crippen molar-refractivity contribution in [3.8, 4) is 17.6 Å². The zero-order valence-electron chi connectivity index (χ0n) is 17.4. The zero-order chi connectivity index (χ0) is 22.4. The van der Waals surface area contributed by atoms with E-state index < -0.39 is 24.3 Å². The third-order valence-electron chi connectivity index (χ3n) is 4.64. The summed E-state index contributed by atoms with van der Waals surface area (Å²) in [6.45, 7) is 3.12. The van der Waals surface area contributed by atoms with Crippen LogP contribution in [-0.2, 0) is 20.7 Å². The van der Waals surface area contributed by atoms with Crippen molar-refractivity contribution >= 4 is 17.6 Å². The standard InChI is InChI=1S/C23H23FN2O5/c1-23(2)13-16-5-3-6-19(22(16)31-23)29-15-21(28)30-14-20(27)26(12-4-11-25)18-9-7-17(24)8-10-18/h3,5-10H,4,12-15H2,1-2H3. The fourth-order valence-electron chi connectivity index (χ4n) is 3.28. The summed E-state index contributed by atoms with van der Waals surface area (Å²) in [5.74, 6) is -0.646. The second kappa shape index (κ2) is 9.47. The lowest BCUT2D eigenvalue weighted by molar-refractivity contribution is -0.149. The molecule has 0 atom stereocenters. The highest BCUT2D eigenvalue weighted by atomic mass is 19.1. The van der Waals surface area contributed by atoms with Crippen LogP contribution in [-0.4, -0.2) is 37.2 Å². The number of halogens is 1. The molecule has 3 rings (SSSR count). The summed E-state index contributed by atoms with van der Waals surface area (Å²) in [6.07, 6.45) is 0.816. The normalized spacial score (nSPS) is 13.5. The maximum atomic E-state index is 13.2. The van der Waals surface area contributed by atoms with Gasteiger partial charge in [0.1, 0.15) is 11.4 Å². The van der Waals surface area contributed by atoms with E-state index in [2.05, 4.69) is 0 Å². The van der Waals surface area contributed by atoms with Crippen molar-refractivity contribution in [1.82, 2.24) is 0 Å². The van der Waals surface area contributed by atoms with E-state index in [9.17, 15) is 14.0 Å². The van der Waals surface area contributed by atoms with Gasteiger partial charge >= 0.3 is 5.97 Å². The highest BCUT2D eigenvalue weighted by molar-refractivity contribution is 5.95. The molecule has 0 fully saturated rings. The first-order chi connectivity index (χ1) is 14.8. The Labute approximate surface area is 179 Å². The predicted molar refractivity (Wildman–Crippen MR) is 110 cm³/mol. The number of para-hydroxylation sites is 1. The van der Waals surface area contributed by atoms with Crippen LogP contribution in [0.4, 0.5) is 10.1 Å². The van der Waals surface area contributed by atoms with Crippen LogP contribution in [0, 0.1) is 17.1 Å². The number of rotatable bonds is 8. The molecule has 2 aromatic rings. The Bertz CT molecular complexity index is 998. The van der Waals surface area contributed by atoms with E-state index in [-0.39, 0.29) is 25.2 Å². The molecule has 0 radical (unpaired) electrons. The quantitative estimate of drug-likeness (QED) is 0.601. The Hall–Kier alpha value is -3.60. The molecule has 7 nitrogen and oxygen atoms in total. The highest BCUT2D eigenvalue weighted by Gasteiger charge is 2.32. The number of ether oxygens (including phenoxy) is 3. The van der Waals surface area contributed by atoms with E-state index >= 15 is 0 Å². The fourth-order valence-corrected chi connectivity index (χ4v) is 3.28. The maximum Gasteiger partial charge on any atom is 0.344 e. The molecule has 2 aromatic carbocycles. The van der Waals surface area contributed by atoms with E-state index in [1.54, 1.807) is 6.07 Å². The summed E-state index contributed by atoms with van der Waals surface area (Å²) in [7, 11) is 0. The number of hydrogen-bond donors (Lipinski definition) is 0. The van der Waals surface area contributed by atoms with Crippen molar-refractivity contribution in [2.75, 3.05) is 24.7 Å². The average molecular weight is 426 g/mol. The summed E-state index contributed by atoms with van der Waals surface area (Å²) in [5.41, 5.74) is 1.06. The number of amides is 1. The summed E-state index contributed by atoms with van der Waals surface area (Å²) >= 11 is 0. The van der Waals surface area contributed by atoms with Gasteiger partial charge in [-0.15, -0.1) is 0 Å². The lowest BCUT2D eigenvalue weighted by atomic mass is 10.0. The van der Waals surface area contributed by atoms with Crippen molar-refractivity contribution < 1.29 is 28.2 Å². The number of fused-ring (bicyclic) bond motifs is 1. The van der Waals surface area contributed by atoms with Crippen LogP contribution >= 0.6 is 0 Å². The van der Waals surface area contributed by atoms with Crippen LogP contribution < -0.4 is 14.4 Å². The number of nitriles is 1. The van der Waals surface area contributed by atoms with Crippen molar-refractivity contribution in [3.63, 3.8) is 0 Å². The van der Waals surface area contributed by atoms with Crippen molar-refractivity contribution in [3.05, 3.63) is 53.8 Å². The van der Waals surface area contributed by atoms with Gasteiger partial charge in [0.05, 0.1) is 12.5 Å². The Morgan fingerprint density at radius 3 is 2.65 bits per heavy atom. The highest BCUT2D eigenvalue weighted by Crippen LogP contribution is 2.41. The minimum Gasteiger partial charge on any atom is -0.483 e. The summed E-state index contributed by atoms with van der Waals surface area (Å²) in [6, 6.07) is 12.7. The molecule has 0 saturated carbocycles. The lowest BCUT2D eigenvalue weighted by Crippen LogP contribution is -2.36. The van der Waals surface area contributed by atoms with Gasteiger partial charge in [-0.05, 0) is 44.2 Å². The molecular formula is C23H23FN2O5. The smallest absolute Gasteiger partial charge is 0.344 e. The van der Waals surface area contributed by atoms with Gasteiger partial charge in [-0.3, -0.25) is 4.79 Å². The third kappa shape index (κ3) is 5.72. The molecule has 1 aliphatic heterocycles. The third-order valence-corrected chi connectivity index (χ3v) is 4.64. The lowest BCUT2D eigenvalue weighted by Gasteiger charge is -2.21. The van der Waals surface area contributed by atoms with Gasteiger partial charge in [0.15, 0.2) is 24.7 Å². The van der Waals surface area contributed by atoms with Gasteiger partial charge in [-0.2, -0.15) is 5.26 Å². The molecule has 8 heteroatoms. The van der Waals surface area contributed by atoms with E-state index in [1.165, 1.54) is 29.2 Å². The number of benzene rings is 2. The van der Waals surface area contributed by atoms with Gasteiger partial charge in [-0.25, -0.2) is 9.18 Å². The first-order valence-corrected chi connectivity index (χ1v) is 9.81. The Kier molecular flexibility index (Phi) is 6.75. The van der Waals surface area contributed by atoms with E-state index in [0.717, 1.165) is 12.0 Å². The number of esters is 1. The Balaban J connectivity index is 1.55. The average Bonchev–Trinajstić information content (AvgIpc) is 3.06. The minimum absolute atomic E-state index is 0.0790. The van der Waals surface area contributed by atoms with Crippen LogP contribution in [0.1, 0.15) is 25.8 Å². The molecule has 0 spiro atoms. The van der Waals surface area contributed by atoms with E-state index in [4.69, 9.17) is 19.5 Å². The second-order valence-electron chi connectivity index (χ2n) is 7.66. The molecule has 0 aromatic heterocycles. The van der Waals surface area contributed by atoms with Crippen LogP contribution in [0.15, 0.2) is 42.5 Å². The molecule has 1 amide bonds. The Morgan fingerprint density at radius 2 is 1.94 bits per heavy atom. The zero-order valence-corrected chi connectivity index (χ0v) is 17.4. The van der Waals surface area contributed by atoms with Crippen LogP contribution in [0.5, 0.6) is 11.5 Å². The first kappa shape index (κ1) is 22.1. The monoisotopic (exact) mass is 426 g/mol. The van der Waals surface area contributed by atoms with Crippen molar-refractivity contribution in [2.24, 2.45) is 0 Å². The molecule has 31 heavy (non-hydrogen) atoms. The number of nitrogens with zero attached hydrogens (tertiary/aromatic N) is 2. The predicted octanol–water partition coefficient (Wildman–Crippen LogP) is 3.41. The maximum absolute atomic E-state index is 13.2. The van der Waals surface area contributed by atoms with Gasteiger partial charge < -0.3 is 19.1 Å². The number of carbonyl (C=O) groups is 2. The second-order valence-corrected chi connectivity index (χ2v) is 7.66. The number of hydrogen-bond acceptors (Lipinski definition) is 6. The van der Waals surface area contributed by atoms with Gasteiger partial charge in [0, 0.05) is 24.2 Å². The van der Waals surface area contributed by atoms with Gasteiger partial charge in [-0.1, -0.05) is 12.1 Å². The van der Waals surface area contributed by atoms with Gasteiger partial charge in [0.25, 0.3) is 5.91 Å². The summed E-state index contributed by atoms with van der Waals surface area (Å²) in [5, 5.41) is 8.82. The first-order valence-electron chi connectivity index (χ1n) is 9.81. The van der Waals surface area contributed by atoms with E-state index in [0.29, 0.717) is 17.2 Å². The van der Waals surface area contributed by atoms with Crippen LogP contribution in [0.2, 0.25) is 0 Å². The molecule has 1 aliphatic rings. The van der Waals surface area contributed by atoms with Crippen LogP contribution in [0.25, 0.3) is 0 Å². The molecule has 0 aliphatic carbocycles. The molecule has 0 bridgehead atoms. The minimum atomic E-state index is -0.720. The molecular weight excluding hydrogens is 403 g/mol. The molecule has 0 N–H and O–H groups in total. The van der Waals surface area contributed by atoms with Gasteiger partial charge in [0.2, 0.25) is 0 Å². The molecule has 1 heterocycles. The van der Waals surface area contributed by atoms with Crippen LogP contribution in [0.3, 0.4) is 0 Å². The van der Waals surface area contributed by atoms with Crippen molar-refractivity contribution in [1.29, 1.82) is 5.26 Å². The van der Waals surface area contributed by atoms with Crippen molar-refractivity contribution in [2.45, 2.75) is 32.3 Å². The SMILES string of the molecule is CC1(C)Cc2cccc(OCC(=O)OCC(=O)N(CCC#N)c3ccc(F)cc3)c2O1. The summed E-state index contributed by atoms with van der Waals surface area (Å²) < 4.78 is 29.6.